The molecular weight excluding hydrogens is 123 g/mol. The molecule has 0 heterocycles. The summed E-state index contributed by atoms with van der Waals surface area (Å²) in [6.07, 6.45) is 0. The normalized spacial score (nSPS) is 7.62. The molecular formula is C3H5BN2OS. The molecule has 0 aliphatic rings. The van der Waals surface area contributed by atoms with Crippen LogP contribution in [0.5, 0.6) is 0 Å². The second kappa shape index (κ2) is 3.43. The van der Waals surface area contributed by atoms with Crippen LogP contribution in [-0.4, -0.2) is 25.8 Å². The lowest BCUT2D eigenvalue weighted by atomic mass is 10.1. The molecule has 3 nitrogen and oxygen atoms in total. The molecule has 0 aliphatic heterocycles. The number of carbonyl (C=O) groups is 1. The quantitative estimate of drug-likeness (QED) is 0.337. The Morgan fingerprint density at radius 3 is 2.38 bits per heavy atom. The van der Waals surface area contributed by atoms with E-state index in [1.165, 1.54) is 0 Å². The van der Waals surface area contributed by atoms with E-state index in [4.69, 9.17) is 7.85 Å². The van der Waals surface area contributed by atoms with Gasteiger partial charge in [0.05, 0.1) is 0 Å². The van der Waals surface area contributed by atoms with Crippen molar-refractivity contribution in [1.29, 1.82) is 0 Å². The Morgan fingerprint density at radius 2 is 2.25 bits per heavy atom. The van der Waals surface area contributed by atoms with E-state index >= 15 is 0 Å². The Morgan fingerprint density at radius 1 is 1.75 bits per heavy atom. The maximum atomic E-state index is 9.95. The van der Waals surface area contributed by atoms with Crippen LogP contribution in [0.25, 0.3) is 0 Å². The lowest BCUT2D eigenvalue weighted by Crippen LogP contribution is -2.36. The summed E-state index contributed by atoms with van der Waals surface area (Å²) in [6, 6.07) is 0. The van der Waals surface area contributed by atoms with E-state index in [0.717, 1.165) is 0 Å². The van der Waals surface area contributed by atoms with Gasteiger partial charge in [0.25, 0.3) is 0 Å². The molecule has 0 fully saturated rings. The number of rotatable bonds is 0. The summed E-state index contributed by atoms with van der Waals surface area (Å²) in [5.74, 6) is -0.649. The van der Waals surface area contributed by atoms with Crippen molar-refractivity contribution in [2.75, 3.05) is 7.05 Å². The largest absolute Gasteiger partial charge is 0.365 e. The monoisotopic (exact) mass is 128 g/mol. The van der Waals surface area contributed by atoms with Crippen molar-refractivity contribution in [3.05, 3.63) is 0 Å². The first kappa shape index (κ1) is 7.42. The Hall–Kier alpha value is -0.575. The van der Waals surface area contributed by atoms with E-state index in [1.54, 1.807) is 7.05 Å². The van der Waals surface area contributed by atoms with Crippen LogP contribution in [0, 0.1) is 0 Å². The maximum Gasteiger partial charge on any atom is 0.201 e. The van der Waals surface area contributed by atoms with Gasteiger partial charge in [-0.3, -0.25) is 4.79 Å². The van der Waals surface area contributed by atoms with Gasteiger partial charge in [0.2, 0.25) is 7.85 Å². The molecule has 5 heteroatoms. The highest BCUT2D eigenvalue weighted by Crippen LogP contribution is 1.61. The van der Waals surface area contributed by atoms with Crippen molar-refractivity contribution in [2.24, 2.45) is 0 Å². The standard InChI is InChI=1S/C3H5BN2OS/c1-5-3(8)6-2(4)7/h1H3,(H2,5,6,7,8). The van der Waals surface area contributed by atoms with Gasteiger partial charge in [-0.15, -0.1) is 0 Å². The Labute approximate surface area is 54.2 Å². The highest BCUT2D eigenvalue weighted by Gasteiger charge is 1.90. The number of hydrogen-bond donors (Lipinski definition) is 2. The maximum absolute atomic E-state index is 9.95. The summed E-state index contributed by atoms with van der Waals surface area (Å²) in [7, 11) is 6.29. The average Bonchev–Trinajstić information content (AvgIpc) is 1.65. The van der Waals surface area contributed by atoms with Crippen molar-refractivity contribution in [2.45, 2.75) is 0 Å². The molecule has 0 saturated carbocycles. The highest BCUT2D eigenvalue weighted by atomic mass is 32.1. The fourth-order valence-electron chi connectivity index (χ4n) is 0.174. The molecule has 0 saturated heterocycles. The van der Waals surface area contributed by atoms with Gasteiger partial charge in [-0.2, -0.15) is 0 Å². The van der Waals surface area contributed by atoms with Gasteiger partial charge in [-0.25, -0.2) is 0 Å². The molecule has 1 amide bonds. The minimum atomic E-state index is -0.649. The van der Waals surface area contributed by atoms with Crippen molar-refractivity contribution in [1.82, 2.24) is 10.6 Å². The zero-order chi connectivity index (χ0) is 6.57. The van der Waals surface area contributed by atoms with Crippen LogP contribution in [-0.2, 0) is 0 Å². The van der Waals surface area contributed by atoms with Crippen LogP contribution in [0.1, 0.15) is 0 Å². The predicted molar refractivity (Wildman–Crippen MR) is 35.9 cm³/mol. The summed E-state index contributed by atoms with van der Waals surface area (Å²) in [5, 5.41) is 4.90. The first-order valence-corrected chi connectivity index (χ1v) is 2.36. The second-order valence-corrected chi connectivity index (χ2v) is 1.48. The van der Waals surface area contributed by atoms with Gasteiger partial charge in [-0.05, 0) is 12.2 Å². The first-order chi connectivity index (χ1) is 3.66. The predicted octanol–water partition coefficient (Wildman–Crippen LogP) is -0.631. The first-order valence-electron chi connectivity index (χ1n) is 1.95. The number of nitrogens with one attached hydrogen (secondary N) is 2. The Balaban J connectivity index is 3.40. The molecule has 8 heavy (non-hydrogen) atoms. The van der Waals surface area contributed by atoms with Gasteiger partial charge in [0.15, 0.2) is 10.9 Å². The number of thiocarbonyl (C=S) groups is 1. The Bertz CT molecular complexity index is 116. The van der Waals surface area contributed by atoms with Crippen LogP contribution in [0.4, 0.5) is 4.79 Å². The van der Waals surface area contributed by atoms with Gasteiger partial charge < -0.3 is 10.6 Å². The zero-order valence-corrected chi connectivity index (χ0v) is 5.21. The molecule has 2 N–H and O–H groups in total. The molecule has 0 aliphatic carbocycles. The summed E-state index contributed by atoms with van der Waals surface area (Å²) in [5.41, 5.74) is 0. The van der Waals surface area contributed by atoms with Crippen molar-refractivity contribution in [3.63, 3.8) is 0 Å². The summed E-state index contributed by atoms with van der Waals surface area (Å²) in [6.45, 7) is 0. The molecule has 0 spiro atoms. The average molecular weight is 128 g/mol. The SMILES string of the molecule is [B]C(=O)NC(=S)NC. The topological polar surface area (TPSA) is 41.1 Å². The van der Waals surface area contributed by atoms with E-state index < -0.39 is 5.81 Å². The van der Waals surface area contributed by atoms with Gasteiger partial charge in [-0.1, -0.05) is 0 Å². The van der Waals surface area contributed by atoms with Crippen LogP contribution in [0.3, 0.4) is 0 Å². The molecule has 42 valence electrons. The fourth-order valence-corrected chi connectivity index (χ4v) is 0.275. The lowest BCUT2D eigenvalue weighted by Gasteiger charge is -1.99. The third kappa shape index (κ3) is 3.61. The van der Waals surface area contributed by atoms with E-state index in [1.807, 2.05) is 0 Å². The molecule has 0 aromatic rings. The zero-order valence-electron chi connectivity index (χ0n) is 4.39. The lowest BCUT2D eigenvalue weighted by molar-refractivity contribution is 0.263. The van der Waals surface area contributed by atoms with Crippen LogP contribution >= 0.6 is 12.2 Å². The van der Waals surface area contributed by atoms with Crippen molar-refractivity contribution < 1.29 is 4.79 Å². The minimum absolute atomic E-state index is 0.234. The van der Waals surface area contributed by atoms with Crippen molar-refractivity contribution >= 4 is 31.0 Å². The van der Waals surface area contributed by atoms with Crippen LogP contribution < -0.4 is 10.6 Å². The van der Waals surface area contributed by atoms with E-state index in [9.17, 15) is 4.79 Å². The van der Waals surface area contributed by atoms with Crippen LogP contribution in [0.2, 0.25) is 0 Å². The van der Waals surface area contributed by atoms with E-state index in [0.29, 0.717) is 0 Å². The molecule has 0 rings (SSSR count). The van der Waals surface area contributed by atoms with E-state index in [-0.39, 0.29) is 5.11 Å². The second-order valence-electron chi connectivity index (χ2n) is 1.07. The molecule has 0 aromatic carbocycles. The van der Waals surface area contributed by atoms with Gasteiger partial charge >= 0.3 is 0 Å². The van der Waals surface area contributed by atoms with Crippen LogP contribution in [0.15, 0.2) is 0 Å². The van der Waals surface area contributed by atoms with Gasteiger partial charge in [0.1, 0.15) is 0 Å². The van der Waals surface area contributed by atoms with Gasteiger partial charge in [0, 0.05) is 7.05 Å². The molecule has 0 bridgehead atoms. The van der Waals surface area contributed by atoms with Crippen molar-refractivity contribution in [3.8, 4) is 0 Å². The van der Waals surface area contributed by atoms with E-state index in [2.05, 4.69) is 22.9 Å². The minimum Gasteiger partial charge on any atom is -0.365 e. The smallest absolute Gasteiger partial charge is 0.201 e. The summed E-state index contributed by atoms with van der Waals surface area (Å²) in [4.78, 5) is 9.95. The molecule has 0 atom stereocenters. The third-order valence-electron chi connectivity index (χ3n) is 0.464. The highest BCUT2D eigenvalue weighted by molar-refractivity contribution is 7.80. The third-order valence-corrected chi connectivity index (χ3v) is 0.770. The molecule has 2 radical (unpaired) electrons. The summed E-state index contributed by atoms with van der Waals surface area (Å²) < 4.78 is 0. The number of amides is 1. The molecule has 0 aromatic heterocycles. The number of carbonyl (C=O) groups excluding carboxylic acids is 1. The fraction of sp³-hybridized carbons (Fsp3) is 0.333. The molecule has 0 unspecified atom stereocenters. The Kier molecular flexibility index (Phi) is 3.18. The summed E-state index contributed by atoms with van der Waals surface area (Å²) >= 11 is 4.51. The number of hydrogen-bond acceptors (Lipinski definition) is 2.